The molecule has 1 fully saturated rings. The predicted octanol–water partition coefficient (Wildman–Crippen LogP) is 2.40. The summed E-state index contributed by atoms with van der Waals surface area (Å²) in [5.74, 6) is 0.0582. The molecule has 6 nitrogen and oxygen atoms in total. The number of carbonyl (C=O) groups is 1. The molecule has 1 aliphatic heterocycles. The second-order valence-corrected chi connectivity index (χ2v) is 8.07. The lowest BCUT2D eigenvalue weighted by Crippen LogP contribution is -2.33. The fraction of sp³-hybridized carbons (Fsp3) is 0.588. The Morgan fingerprint density at radius 3 is 2.58 bits per heavy atom. The summed E-state index contributed by atoms with van der Waals surface area (Å²) in [6, 6.07) is 4.48. The molecular weight excluding hydrogens is 328 g/mol. The Bertz CT molecular complexity index is 682. The molecule has 1 aromatic carbocycles. The van der Waals surface area contributed by atoms with E-state index in [1.54, 1.807) is 6.07 Å². The lowest BCUT2D eigenvalue weighted by atomic mass is 10.1. The molecule has 1 N–H and O–H groups in total. The van der Waals surface area contributed by atoms with E-state index < -0.39 is 10.0 Å². The van der Waals surface area contributed by atoms with Gasteiger partial charge in [-0.1, -0.05) is 13.3 Å². The van der Waals surface area contributed by atoms with Crippen LogP contribution in [0.15, 0.2) is 23.1 Å². The molecule has 1 aromatic rings. The van der Waals surface area contributed by atoms with Crippen LogP contribution >= 0.6 is 0 Å². The van der Waals surface area contributed by atoms with Gasteiger partial charge in [-0.2, -0.15) is 4.31 Å². The van der Waals surface area contributed by atoms with Gasteiger partial charge >= 0.3 is 0 Å². The number of benzene rings is 1. The van der Waals surface area contributed by atoms with Gasteiger partial charge in [0.15, 0.2) is 0 Å². The van der Waals surface area contributed by atoms with E-state index in [-0.39, 0.29) is 22.4 Å². The molecule has 0 spiro atoms. The average molecular weight is 354 g/mol. The minimum Gasteiger partial charge on any atom is -0.496 e. The Kier molecular flexibility index (Phi) is 6.23. The van der Waals surface area contributed by atoms with Crippen molar-refractivity contribution >= 4 is 15.9 Å². The van der Waals surface area contributed by atoms with Crippen molar-refractivity contribution < 1.29 is 17.9 Å². The Labute approximate surface area is 144 Å². The summed E-state index contributed by atoms with van der Waals surface area (Å²) in [5.41, 5.74) is 0.251. The van der Waals surface area contributed by atoms with E-state index >= 15 is 0 Å². The molecule has 1 aliphatic rings. The summed E-state index contributed by atoms with van der Waals surface area (Å²) >= 11 is 0. The largest absolute Gasteiger partial charge is 0.496 e. The number of nitrogens with zero attached hydrogens (tertiary/aromatic N) is 1. The maximum absolute atomic E-state index is 12.7. The van der Waals surface area contributed by atoms with Crippen LogP contribution < -0.4 is 10.1 Å². The topological polar surface area (TPSA) is 75.7 Å². The molecule has 0 aliphatic carbocycles. The van der Waals surface area contributed by atoms with Crippen LogP contribution in [0.3, 0.4) is 0 Å². The van der Waals surface area contributed by atoms with Gasteiger partial charge in [0.25, 0.3) is 5.91 Å². The van der Waals surface area contributed by atoms with Gasteiger partial charge in [0.05, 0.1) is 17.6 Å². The summed E-state index contributed by atoms with van der Waals surface area (Å²) in [5, 5.41) is 2.89. The van der Waals surface area contributed by atoms with Crippen molar-refractivity contribution in [2.24, 2.45) is 0 Å². The summed E-state index contributed by atoms with van der Waals surface area (Å²) in [6.07, 6.45) is 3.57. The Morgan fingerprint density at radius 2 is 2.00 bits per heavy atom. The third-order valence-corrected chi connectivity index (χ3v) is 6.11. The highest BCUT2D eigenvalue weighted by Crippen LogP contribution is 2.26. The number of rotatable bonds is 7. The molecule has 134 valence electrons. The number of amides is 1. The van der Waals surface area contributed by atoms with E-state index in [0.29, 0.717) is 18.8 Å². The van der Waals surface area contributed by atoms with Crippen LogP contribution in [0.2, 0.25) is 0 Å². The lowest BCUT2D eigenvalue weighted by Gasteiger charge is -2.18. The fourth-order valence-corrected chi connectivity index (χ4v) is 4.45. The number of nitrogens with one attached hydrogen (secondary N) is 1. The Balaban J connectivity index is 2.32. The molecule has 2 rings (SSSR count). The minimum atomic E-state index is -3.56. The maximum atomic E-state index is 12.7. The van der Waals surface area contributed by atoms with Crippen LogP contribution in [0, 0.1) is 0 Å². The van der Waals surface area contributed by atoms with Gasteiger partial charge in [0.1, 0.15) is 5.75 Å². The van der Waals surface area contributed by atoms with Crippen LogP contribution in [0.5, 0.6) is 5.75 Å². The Hall–Kier alpha value is -1.60. The SMILES string of the molecule is CCCC(C)NC(=O)c1cc(S(=O)(=O)N2CCCC2)ccc1OC. The van der Waals surface area contributed by atoms with Crippen LogP contribution in [0.1, 0.15) is 49.9 Å². The van der Waals surface area contributed by atoms with Crippen LogP contribution in [0.4, 0.5) is 0 Å². The van der Waals surface area contributed by atoms with Crippen molar-refractivity contribution in [3.8, 4) is 5.75 Å². The van der Waals surface area contributed by atoms with Crippen LogP contribution in [0.25, 0.3) is 0 Å². The molecule has 1 unspecified atom stereocenters. The van der Waals surface area contributed by atoms with Crippen molar-refractivity contribution in [1.29, 1.82) is 0 Å². The normalized spacial score (nSPS) is 16.8. The highest BCUT2D eigenvalue weighted by molar-refractivity contribution is 7.89. The first-order valence-electron chi connectivity index (χ1n) is 8.39. The molecule has 1 atom stereocenters. The summed E-state index contributed by atoms with van der Waals surface area (Å²) in [6.45, 7) is 5.04. The van der Waals surface area contributed by atoms with Gasteiger partial charge in [-0.05, 0) is 44.4 Å². The second kappa shape index (κ2) is 7.98. The molecule has 1 heterocycles. The van der Waals surface area contributed by atoms with Crippen molar-refractivity contribution in [3.05, 3.63) is 23.8 Å². The van der Waals surface area contributed by atoms with E-state index in [2.05, 4.69) is 5.32 Å². The number of sulfonamides is 1. The third-order valence-electron chi connectivity index (χ3n) is 4.22. The molecular formula is C17H26N2O4S. The minimum absolute atomic E-state index is 0.0195. The van der Waals surface area contributed by atoms with Gasteiger partial charge in [-0.15, -0.1) is 0 Å². The molecule has 0 saturated carbocycles. The van der Waals surface area contributed by atoms with Crippen molar-refractivity contribution in [1.82, 2.24) is 9.62 Å². The summed E-state index contributed by atoms with van der Waals surface area (Å²) in [7, 11) is -2.09. The molecule has 0 radical (unpaired) electrons. The maximum Gasteiger partial charge on any atom is 0.255 e. The van der Waals surface area contributed by atoms with Crippen molar-refractivity contribution in [2.45, 2.75) is 50.5 Å². The molecule has 1 amide bonds. The van der Waals surface area contributed by atoms with Gasteiger partial charge in [-0.3, -0.25) is 4.79 Å². The number of methoxy groups -OCH3 is 1. The third kappa shape index (κ3) is 4.08. The lowest BCUT2D eigenvalue weighted by molar-refractivity contribution is 0.0935. The Morgan fingerprint density at radius 1 is 1.33 bits per heavy atom. The first-order valence-corrected chi connectivity index (χ1v) is 9.83. The van der Waals surface area contributed by atoms with E-state index in [1.165, 1.54) is 23.5 Å². The monoisotopic (exact) mass is 354 g/mol. The predicted molar refractivity (Wildman–Crippen MR) is 92.8 cm³/mol. The molecule has 0 bridgehead atoms. The van der Waals surface area contributed by atoms with Crippen LogP contribution in [-0.2, 0) is 10.0 Å². The van der Waals surface area contributed by atoms with Gasteiger partial charge in [0.2, 0.25) is 10.0 Å². The molecule has 1 saturated heterocycles. The number of hydrogen-bond acceptors (Lipinski definition) is 4. The quantitative estimate of drug-likeness (QED) is 0.816. The van der Waals surface area contributed by atoms with Crippen molar-refractivity contribution in [3.63, 3.8) is 0 Å². The van der Waals surface area contributed by atoms with E-state index in [0.717, 1.165) is 25.7 Å². The first-order chi connectivity index (χ1) is 11.4. The average Bonchev–Trinajstić information content (AvgIpc) is 3.09. The second-order valence-electron chi connectivity index (χ2n) is 6.14. The first kappa shape index (κ1) is 18.7. The zero-order valence-corrected chi connectivity index (χ0v) is 15.4. The molecule has 7 heteroatoms. The molecule has 24 heavy (non-hydrogen) atoms. The fourth-order valence-electron chi connectivity index (χ4n) is 2.91. The van der Waals surface area contributed by atoms with Crippen molar-refractivity contribution in [2.75, 3.05) is 20.2 Å². The molecule has 0 aromatic heterocycles. The summed E-state index contributed by atoms with van der Waals surface area (Å²) in [4.78, 5) is 12.6. The highest BCUT2D eigenvalue weighted by atomic mass is 32.2. The highest BCUT2D eigenvalue weighted by Gasteiger charge is 2.28. The zero-order valence-electron chi connectivity index (χ0n) is 14.5. The zero-order chi connectivity index (χ0) is 17.7. The smallest absolute Gasteiger partial charge is 0.255 e. The standard InChI is InChI=1S/C17H26N2O4S/c1-4-7-13(2)18-17(20)15-12-14(8-9-16(15)23-3)24(21,22)19-10-5-6-11-19/h8-9,12-13H,4-7,10-11H2,1-3H3,(H,18,20). The summed E-state index contributed by atoms with van der Waals surface area (Å²) < 4.78 is 32.1. The van der Waals surface area contributed by atoms with E-state index in [9.17, 15) is 13.2 Å². The van der Waals surface area contributed by atoms with E-state index in [1.807, 2.05) is 13.8 Å². The number of carbonyl (C=O) groups excluding carboxylic acids is 1. The van der Waals surface area contributed by atoms with Gasteiger partial charge < -0.3 is 10.1 Å². The number of hydrogen-bond donors (Lipinski definition) is 1. The number of ether oxygens (including phenoxy) is 1. The van der Waals surface area contributed by atoms with Crippen LogP contribution in [-0.4, -0.2) is 44.9 Å². The van der Waals surface area contributed by atoms with Gasteiger partial charge in [0, 0.05) is 19.1 Å². The van der Waals surface area contributed by atoms with Gasteiger partial charge in [-0.25, -0.2) is 8.42 Å². The van der Waals surface area contributed by atoms with E-state index in [4.69, 9.17) is 4.74 Å².